The zero-order valence-electron chi connectivity index (χ0n) is 10.9. The maximum Gasteiger partial charge on any atom is 0.358 e. The van der Waals surface area contributed by atoms with Gasteiger partial charge in [-0.3, -0.25) is 0 Å². The van der Waals surface area contributed by atoms with Gasteiger partial charge in [-0.2, -0.15) is 0 Å². The standard InChI is InChI=1S/C13H14ClN3O3/c1-2-9-7-10(3-4-11(9)14)20-6-5-17-8-12(13(18)19)15-16-17/h3-4,7-8H,2,5-6H2,1H3,(H,18,19). The van der Waals surface area contributed by atoms with Crippen molar-refractivity contribution in [2.24, 2.45) is 0 Å². The van der Waals surface area contributed by atoms with Crippen molar-refractivity contribution in [3.05, 3.63) is 40.7 Å². The van der Waals surface area contributed by atoms with Crippen LogP contribution in [-0.2, 0) is 13.0 Å². The first-order valence-electron chi connectivity index (χ1n) is 6.14. The third-order valence-electron chi connectivity index (χ3n) is 2.74. The van der Waals surface area contributed by atoms with E-state index >= 15 is 0 Å². The molecule has 0 bridgehead atoms. The Morgan fingerprint density at radius 2 is 2.30 bits per heavy atom. The number of carboxylic acid groups (broad SMARTS) is 1. The molecule has 0 aliphatic rings. The highest BCUT2D eigenvalue weighted by molar-refractivity contribution is 6.31. The van der Waals surface area contributed by atoms with E-state index in [4.69, 9.17) is 21.4 Å². The van der Waals surface area contributed by atoms with E-state index in [9.17, 15) is 4.79 Å². The number of halogens is 1. The second-order valence-electron chi connectivity index (χ2n) is 4.13. The van der Waals surface area contributed by atoms with Crippen molar-refractivity contribution < 1.29 is 14.6 Å². The first-order chi connectivity index (χ1) is 9.60. The van der Waals surface area contributed by atoms with E-state index in [0.717, 1.165) is 22.8 Å². The molecule has 0 unspecified atom stereocenters. The van der Waals surface area contributed by atoms with Crippen molar-refractivity contribution in [3.63, 3.8) is 0 Å². The van der Waals surface area contributed by atoms with Crippen molar-refractivity contribution in [1.29, 1.82) is 0 Å². The SMILES string of the molecule is CCc1cc(OCCn2cc(C(=O)O)nn2)ccc1Cl. The molecule has 1 N–H and O–H groups in total. The van der Waals surface area contributed by atoms with Crippen LogP contribution in [0.15, 0.2) is 24.4 Å². The number of carbonyl (C=O) groups is 1. The van der Waals surface area contributed by atoms with E-state index in [-0.39, 0.29) is 5.69 Å². The predicted octanol–water partition coefficient (Wildman–Crippen LogP) is 2.27. The molecule has 1 heterocycles. The highest BCUT2D eigenvalue weighted by atomic mass is 35.5. The molecule has 0 saturated heterocycles. The number of ether oxygens (including phenoxy) is 1. The lowest BCUT2D eigenvalue weighted by Gasteiger charge is -2.08. The molecule has 6 nitrogen and oxygen atoms in total. The minimum absolute atomic E-state index is 0.0789. The number of carboxylic acids is 1. The van der Waals surface area contributed by atoms with Gasteiger partial charge in [-0.15, -0.1) is 5.10 Å². The highest BCUT2D eigenvalue weighted by Crippen LogP contribution is 2.22. The molecule has 0 spiro atoms. The van der Waals surface area contributed by atoms with Crippen LogP contribution < -0.4 is 4.74 Å². The number of hydrogen-bond donors (Lipinski definition) is 1. The summed E-state index contributed by atoms with van der Waals surface area (Å²) in [5, 5.41) is 16.7. The molecule has 20 heavy (non-hydrogen) atoms. The normalized spacial score (nSPS) is 10.5. The van der Waals surface area contributed by atoms with Gasteiger partial charge >= 0.3 is 5.97 Å². The zero-order chi connectivity index (χ0) is 14.5. The fraction of sp³-hybridized carbons (Fsp3) is 0.308. The van der Waals surface area contributed by atoms with Crippen LogP contribution in [0.4, 0.5) is 0 Å². The third kappa shape index (κ3) is 3.48. The zero-order valence-corrected chi connectivity index (χ0v) is 11.7. The smallest absolute Gasteiger partial charge is 0.358 e. The van der Waals surface area contributed by atoms with E-state index in [0.29, 0.717) is 13.2 Å². The number of aryl methyl sites for hydroxylation is 1. The maximum atomic E-state index is 10.7. The molecular formula is C13H14ClN3O3. The summed E-state index contributed by atoms with van der Waals surface area (Å²) in [7, 11) is 0. The van der Waals surface area contributed by atoms with Gasteiger partial charge in [0, 0.05) is 5.02 Å². The van der Waals surface area contributed by atoms with Gasteiger partial charge < -0.3 is 9.84 Å². The van der Waals surface area contributed by atoms with Gasteiger partial charge in [0.2, 0.25) is 0 Å². The Bertz CT molecular complexity index is 613. The average molecular weight is 296 g/mol. The van der Waals surface area contributed by atoms with Gasteiger partial charge in [0.15, 0.2) is 5.69 Å². The Kier molecular flexibility index (Phi) is 4.57. The van der Waals surface area contributed by atoms with Gasteiger partial charge in [-0.25, -0.2) is 9.48 Å². The number of rotatable bonds is 6. The van der Waals surface area contributed by atoms with E-state index in [2.05, 4.69) is 10.3 Å². The molecule has 2 rings (SSSR count). The second-order valence-corrected chi connectivity index (χ2v) is 4.53. The molecule has 0 aliphatic heterocycles. The minimum Gasteiger partial charge on any atom is -0.492 e. The van der Waals surface area contributed by atoms with Crippen LogP contribution in [0.1, 0.15) is 23.0 Å². The molecule has 7 heteroatoms. The van der Waals surface area contributed by atoms with Gasteiger partial charge in [0.1, 0.15) is 12.4 Å². The Hall–Kier alpha value is -2.08. The van der Waals surface area contributed by atoms with Crippen LogP contribution in [0.25, 0.3) is 0 Å². The first kappa shape index (κ1) is 14.3. The summed E-state index contributed by atoms with van der Waals surface area (Å²) in [5.74, 6) is -0.368. The average Bonchev–Trinajstić information content (AvgIpc) is 2.89. The molecule has 2 aromatic rings. The summed E-state index contributed by atoms with van der Waals surface area (Å²) in [6.45, 7) is 2.81. The molecule has 1 aromatic carbocycles. The summed E-state index contributed by atoms with van der Waals surface area (Å²) in [5.41, 5.74) is 0.947. The summed E-state index contributed by atoms with van der Waals surface area (Å²) >= 11 is 6.03. The van der Waals surface area contributed by atoms with E-state index in [1.807, 2.05) is 13.0 Å². The second kappa shape index (κ2) is 6.38. The van der Waals surface area contributed by atoms with Crippen molar-refractivity contribution in [1.82, 2.24) is 15.0 Å². The molecule has 0 amide bonds. The van der Waals surface area contributed by atoms with Crippen molar-refractivity contribution in [2.75, 3.05) is 6.61 Å². The monoisotopic (exact) mass is 295 g/mol. The van der Waals surface area contributed by atoms with E-state index < -0.39 is 5.97 Å². The Morgan fingerprint density at radius 3 is 2.95 bits per heavy atom. The predicted molar refractivity (Wildman–Crippen MR) is 73.3 cm³/mol. The number of hydrogen-bond acceptors (Lipinski definition) is 4. The molecule has 0 atom stereocenters. The Morgan fingerprint density at radius 1 is 1.50 bits per heavy atom. The highest BCUT2D eigenvalue weighted by Gasteiger charge is 2.08. The molecule has 0 saturated carbocycles. The largest absolute Gasteiger partial charge is 0.492 e. The number of aromatic nitrogens is 3. The first-order valence-corrected chi connectivity index (χ1v) is 6.52. The maximum absolute atomic E-state index is 10.7. The third-order valence-corrected chi connectivity index (χ3v) is 3.11. The van der Waals surface area contributed by atoms with Crippen molar-refractivity contribution >= 4 is 17.6 Å². The van der Waals surface area contributed by atoms with Gasteiger partial charge in [-0.05, 0) is 30.2 Å². The number of benzene rings is 1. The van der Waals surface area contributed by atoms with Crippen LogP contribution in [0.3, 0.4) is 0 Å². The van der Waals surface area contributed by atoms with Crippen molar-refractivity contribution in [2.45, 2.75) is 19.9 Å². The summed E-state index contributed by atoms with van der Waals surface area (Å²) in [6, 6.07) is 5.49. The molecular weight excluding hydrogens is 282 g/mol. The number of aromatic carboxylic acids is 1. The molecule has 0 radical (unpaired) electrons. The van der Waals surface area contributed by atoms with Gasteiger partial charge in [0.25, 0.3) is 0 Å². The fourth-order valence-corrected chi connectivity index (χ4v) is 1.93. The summed E-state index contributed by atoms with van der Waals surface area (Å²) < 4.78 is 7.01. The van der Waals surface area contributed by atoms with Crippen LogP contribution >= 0.6 is 11.6 Å². The lowest BCUT2D eigenvalue weighted by atomic mass is 10.1. The van der Waals surface area contributed by atoms with E-state index in [1.165, 1.54) is 10.9 Å². The van der Waals surface area contributed by atoms with Gasteiger partial charge in [0.05, 0.1) is 12.7 Å². The molecule has 106 valence electrons. The van der Waals surface area contributed by atoms with E-state index in [1.54, 1.807) is 12.1 Å². The lowest BCUT2D eigenvalue weighted by molar-refractivity contribution is 0.0690. The minimum atomic E-state index is -1.09. The van der Waals surface area contributed by atoms with Crippen LogP contribution in [-0.4, -0.2) is 32.7 Å². The lowest BCUT2D eigenvalue weighted by Crippen LogP contribution is -2.09. The van der Waals surface area contributed by atoms with Crippen LogP contribution in [0.2, 0.25) is 5.02 Å². The Labute approximate surface area is 120 Å². The quantitative estimate of drug-likeness (QED) is 0.884. The molecule has 0 aliphatic carbocycles. The Balaban J connectivity index is 1.90. The molecule has 1 aromatic heterocycles. The van der Waals surface area contributed by atoms with Gasteiger partial charge in [-0.1, -0.05) is 23.7 Å². The summed E-state index contributed by atoms with van der Waals surface area (Å²) in [4.78, 5) is 10.7. The van der Waals surface area contributed by atoms with Crippen LogP contribution in [0, 0.1) is 0 Å². The topological polar surface area (TPSA) is 77.2 Å². The van der Waals surface area contributed by atoms with Crippen molar-refractivity contribution in [3.8, 4) is 5.75 Å². The molecule has 0 fully saturated rings. The fourth-order valence-electron chi connectivity index (χ4n) is 1.67. The summed E-state index contributed by atoms with van der Waals surface area (Å²) in [6.07, 6.45) is 2.20. The number of nitrogens with zero attached hydrogens (tertiary/aromatic N) is 3. The van der Waals surface area contributed by atoms with Crippen LogP contribution in [0.5, 0.6) is 5.75 Å².